The Hall–Kier alpha value is -0.182. The van der Waals surface area contributed by atoms with Crippen molar-refractivity contribution in [1.29, 1.82) is 0 Å². The Balaban J connectivity index is 0.000000183. The zero-order valence-corrected chi connectivity index (χ0v) is 74.5. The molecule has 0 aliphatic carbocycles. The van der Waals surface area contributed by atoms with E-state index in [0.717, 1.165) is 257 Å². The summed E-state index contributed by atoms with van der Waals surface area (Å²) in [6.07, 6.45) is 34.2. The first-order chi connectivity index (χ1) is 53.7. The zero-order valence-electron chi connectivity index (χ0n) is 72.5. The van der Waals surface area contributed by atoms with Crippen molar-refractivity contribution in [2.45, 2.75) is 207 Å². The van der Waals surface area contributed by atoms with Gasteiger partial charge in [-0.2, -0.15) is 0 Å². The Kier molecular flexibility index (Phi) is 48.0. The standard InChI is InChI=1S/C18H32B3N3.C13H24B2N2.C11H22B2N4.C10H24B2N4Si2.C10H18B2N2.C8H10.2C5H10BN/c19-22-7-1-15(2-8-22)13-18(17-5-11-24(21)12-6-17)14-16-3-9-23(20)10-4-16;14-16-8-4-12(5-9-16)2-1-3-13-6-10-17(15)11-7-13;12-16-8-4-14(5-9-16)2-1-3-15-6-10-17(13)11-7-15;1-17(2)13(7-9-15(17)11)5-6-14-8-10-16(12)18(14,3)4;11-13-5-1-9(2-6-13)10-3-7-14(12)8-4-10;1-7-3-5-8(2)6-4-7;2*6-7-4-2-1-3-5-7/h15-18H,1-14H2;12-13H,1-11H2;1-11H2;5-10H2,1-4H3;9-10H,1-8H2;3-6H,1-2H3;2*1-5H2. The molecule has 32 heteroatoms. The molecule has 1 aromatic rings. The topological polar surface area (TPSA) is 55.1 Å². The van der Waals surface area contributed by atoms with E-state index < -0.39 is 16.8 Å². The zero-order chi connectivity index (χ0) is 80.8. The Labute approximate surface area is 709 Å². The van der Waals surface area contributed by atoms with E-state index in [1.807, 2.05) is 52.9 Å². The van der Waals surface area contributed by atoms with E-state index in [-0.39, 0.29) is 0 Å². The van der Waals surface area contributed by atoms with Gasteiger partial charge < -0.3 is 80.8 Å². The first kappa shape index (κ1) is 98.9. The Bertz CT molecular complexity index is 2310. The molecule has 17 nitrogen and oxygen atoms in total. The maximum Gasteiger partial charge on any atom is 0.188 e. The summed E-state index contributed by atoms with van der Waals surface area (Å²) in [4.78, 5) is 26.5. The number of hydrogen-bond acceptors (Lipinski definition) is 17. The average Bonchev–Trinajstić information content (AvgIpc) is 1.65. The van der Waals surface area contributed by atoms with Crippen LogP contribution in [0.25, 0.3) is 0 Å². The number of aryl methyl sites for hydroxylation is 2. The van der Waals surface area contributed by atoms with Gasteiger partial charge in [-0.1, -0.05) is 67.5 Å². The lowest BCUT2D eigenvalue weighted by molar-refractivity contribution is 0.126. The molecule has 13 saturated heterocycles. The van der Waals surface area contributed by atoms with Crippen molar-refractivity contribution in [3.63, 3.8) is 0 Å². The second-order valence-electron chi connectivity index (χ2n) is 37.0. The van der Waals surface area contributed by atoms with E-state index in [1.54, 1.807) is 0 Å². The lowest BCUT2D eigenvalue weighted by Gasteiger charge is -2.40. The summed E-state index contributed by atoms with van der Waals surface area (Å²) < 4.78 is 9.37. The van der Waals surface area contributed by atoms with E-state index in [0.29, 0.717) is 0 Å². The predicted octanol–water partition coefficient (Wildman–Crippen LogP) is 6.08. The number of nitrogens with zero attached hydrogens (tertiary/aromatic N) is 17. The van der Waals surface area contributed by atoms with E-state index >= 15 is 0 Å². The normalized spacial score (nSPS) is 26.3. The summed E-state index contributed by atoms with van der Waals surface area (Å²) in [6, 6.07) is 8.48. The van der Waals surface area contributed by atoms with Crippen LogP contribution in [0.1, 0.15) is 178 Å². The van der Waals surface area contributed by atoms with Crippen molar-refractivity contribution in [3.05, 3.63) is 35.4 Å². The summed E-state index contributed by atoms with van der Waals surface area (Å²) in [5.41, 5.74) is 2.66. The van der Waals surface area contributed by atoms with Gasteiger partial charge >= 0.3 is 0 Å². The molecule has 13 aliphatic rings. The lowest BCUT2D eigenvalue weighted by Crippen LogP contribution is -2.58. The van der Waals surface area contributed by atoms with Crippen molar-refractivity contribution in [2.24, 2.45) is 47.3 Å². The molecule has 602 valence electrons. The molecule has 13 aliphatic heterocycles. The van der Waals surface area contributed by atoms with Crippen LogP contribution in [0.4, 0.5) is 0 Å². The first-order valence-electron chi connectivity index (χ1n) is 45.2. The molecule has 1 aromatic carbocycles. The Morgan fingerprint density at radius 1 is 0.277 bits per heavy atom. The van der Waals surface area contributed by atoms with Crippen molar-refractivity contribution >= 4 is 121 Å². The monoisotopic (exact) mass is 1550 g/mol. The van der Waals surface area contributed by atoms with Crippen molar-refractivity contribution in [2.75, 3.05) is 223 Å². The van der Waals surface area contributed by atoms with Crippen LogP contribution >= 0.6 is 0 Å². The third-order valence-electron chi connectivity index (χ3n) is 27.7. The van der Waals surface area contributed by atoms with Crippen LogP contribution < -0.4 is 0 Å². The van der Waals surface area contributed by atoms with E-state index in [2.05, 4.69) is 92.2 Å². The molecule has 13 fully saturated rings. The molecule has 13 heterocycles. The predicted molar refractivity (Wildman–Crippen MR) is 490 cm³/mol. The Morgan fingerprint density at radius 3 is 0.804 bits per heavy atom. The van der Waals surface area contributed by atoms with Crippen LogP contribution in [0.2, 0.25) is 26.2 Å². The third kappa shape index (κ3) is 38.9. The summed E-state index contributed by atoms with van der Waals surface area (Å²) >= 11 is 0. The molecule has 0 spiro atoms. The van der Waals surface area contributed by atoms with Gasteiger partial charge in [0.1, 0.15) is 0 Å². The molecular weight excluding hydrogens is 1400 g/mol. The lowest BCUT2D eigenvalue weighted by atomic mass is 9.71. The second kappa shape index (κ2) is 54.3. The molecular formula is C80H150B13N17Si2. The minimum absolute atomic E-state index is 0.872. The quantitative estimate of drug-likeness (QED) is 0.170. The highest BCUT2D eigenvalue weighted by molar-refractivity contribution is 6.77. The Morgan fingerprint density at radius 2 is 0.536 bits per heavy atom. The fourth-order valence-electron chi connectivity index (χ4n) is 19.0. The van der Waals surface area contributed by atoms with E-state index in [1.165, 1.54) is 191 Å². The number of hydrogen-bond donors (Lipinski definition) is 0. The number of benzene rings is 1. The van der Waals surface area contributed by atoms with Gasteiger partial charge in [-0.05, 0) is 392 Å². The van der Waals surface area contributed by atoms with Gasteiger partial charge in [-0.3, -0.25) is 0 Å². The highest BCUT2D eigenvalue weighted by atomic mass is 28.4. The average molecular weight is 1550 g/mol. The van der Waals surface area contributed by atoms with Crippen LogP contribution in [-0.2, 0) is 0 Å². The van der Waals surface area contributed by atoms with Crippen molar-refractivity contribution < 1.29 is 0 Å². The molecule has 0 amide bonds. The van der Waals surface area contributed by atoms with E-state index in [4.69, 9.17) is 104 Å². The van der Waals surface area contributed by atoms with Gasteiger partial charge in [-0.25, -0.2) is 0 Å². The number of piperidine rings is 9. The van der Waals surface area contributed by atoms with Gasteiger partial charge in [0, 0.05) is 52.4 Å². The van der Waals surface area contributed by atoms with Gasteiger partial charge in [0.2, 0.25) is 0 Å². The smallest absolute Gasteiger partial charge is 0.188 e. The molecule has 0 atom stereocenters. The highest BCUT2D eigenvalue weighted by Crippen LogP contribution is 2.39. The minimum Gasteiger partial charge on any atom is -0.362 e. The molecule has 0 saturated carbocycles. The van der Waals surface area contributed by atoms with Gasteiger partial charge in [0.15, 0.2) is 121 Å². The van der Waals surface area contributed by atoms with E-state index in [9.17, 15) is 0 Å². The second-order valence-corrected chi connectivity index (χ2v) is 45.4. The SMILES string of the molecule is Cc1ccc(C)cc1.[B]N1CCC(C2CCN([B])CC2)CC1.[B]N1CCC(CC(CC2CCN([B])CC2)C2CCN([B])CC2)CC1.[B]N1CCC(CCCC2CCN([B])CC2)CC1.[B]N1CCCCC1.[B]N1CCCCC1.[B]N1CCN(CCCN2CCN([B])CC2)CC1.[B]N1CCN(CCN2CCN([B])[Si]2(C)C)[Si]1(C)C. The largest absolute Gasteiger partial charge is 0.362 e. The van der Waals surface area contributed by atoms with Crippen LogP contribution in [0.15, 0.2) is 24.3 Å². The first-order valence-corrected chi connectivity index (χ1v) is 50.9. The maximum atomic E-state index is 6.08. The number of rotatable bonds is 17. The minimum atomic E-state index is -1.52. The third-order valence-corrected chi connectivity index (χ3v) is 35.0. The van der Waals surface area contributed by atoms with Gasteiger partial charge in [0.05, 0.1) is 0 Å². The molecule has 26 radical (unpaired) electrons. The van der Waals surface area contributed by atoms with Crippen LogP contribution in [0, 0.1) is 61.2 Å². The maximum absolute atomic E-state index is 6.08. The molecule has 112 heavy (non-hydrogen) atoms. The molecule has 0 unspecified atom stereocenters. The van der Waals surface area contributed by atoms with Gasteiger partial charge in [-0.15, -0.1) is 0 Å². The fraction of sp³-hybridized carbons (Fsp3) is 0.925. The summed E-state index contributed by atoms with van der Waals surface area (Å²) in [5, 5.41) is 0. The van der Waals surface area contributed by atoms with Crippen LogP contribution in [0.3, 0.4) is 0 Å². The number of piperazine rings is 2. The molecule has 0 bridgehead atoms. The van der Waals surface area contributed by atoms with Crippen LogP contribution in [-0.4, -0.2) is 424 Å². The fourth-order valence-corrected chi connectivity index (χ4v) is 23.6. The van der Waals surface area contributed by atoms with Crippen molar-refractivity contribution in [1.82, 2.24) is 80.8 Å². The highest BCUT2D eigenvalue weighted by Gasteiger charge is 2.43. The summed E-state index contributed by atoms with van der Waals surface area (Å²) in [6.45, 7) is 50.5. The molecule has 0 N–H and O–H groups in total. The summed E-state index contributed by atoms with van der Waals surface area (Å²) in [7, 11) is 72.5. The van der Waals surface area contributed by atoms with Gasteiger partial charge in [0.25, 0.3) is 0 Å². The molecule has 0 aromatic heterocycles. The molecule has 14 rings (SSSR count). The van der Waals surface area contributed by atoms with Crippen molar-refractivity contribution in [3.8, 4) is 0 Å². The van der Waals surface area contributed by atoms with Crippen LogP contribution in [0.5, 0.6) is 0 Å². The summed E-state index contributed by atoms with van der Waals surface area (Å²) in [5.74, 6) is 7.18.